The van der Waals surface area contributed by atoms with Crippen LogP contribution >= 0.6 is 31.4 Å². The van der Waals surface area contributed by atoms with Crippen molar-refractivity contribution >= 4 is 37.3 Å². The molecule has 0 atom stereocenters. The molecule has 1 saturated carbocycles. The number of nitrogens with zero attached hydrogens (tertiary/aromatic N) is 1. The summed E-state index contributed by atoms with van der Waals surface area (Å²) in [5.74, 6) is 0.152. The SMILES string of the molecule is COc1cc(C(=O)NCI(c2ccc(OC)c(-c3ccc(F)c(Cl)c3)n2)C(F)F)ccc1OC1CC1. The maximum absolute atomic E-state index is 14.1. The van der Waals surface area contributed by atoms with Crippen LogP contribution in [0.5, 0.6) is 17.2 Å². The van der Waals surface area contributed by atoms with E-state index in [1.54, 1.807) is 12.1 Å². The monoisotopic (exact) mass is 634 g/mol. The van der Waals surface area contributed by atoms with Crippen molar-refractivity contribution in [3.8, 4) is 28.5 Å². The first-order valence-corrected chi connectivity index (χ1v) is 15.1. The van der Waals surface area contributed by atoms with Crippen LogP contribution in [0.3, 0.4) is 0 Å². The van der Waals surface area contributed by atoms with Crippen LogP contribution in [0.2, 0.25) is 5.02 Å². The minimum atomic E-state index is -3.30. The second kappa shape index (κ2) is 11.5. The van der Waals surface area contributed by atoms with Gasteiger partial charge in [-0.3, -0.25) is 0 Å². The molecule has 1 fully saturated rings. The standard InChI is InChI=1S/C25H23ClF3IN2O4/c1-34-20-9-10-22(32-23(20)14-3-7-18(27)17(26)11-14)30(25(28)29)13-31-24(33)15-4-8-19(21(12-15)35-2)36-16-5-6-16/h3-4,7-12,16,25H,5-6,13H2,1-2H3,(H,31,33). The van der Waals surface area contributed by atoms with Crippen LogP contribution in [-0.4, -0.2) is 40.2 Å². The molecule has 1 aromatic heterocycles. The van der Waals surface area contributed by atoms with Gasteiger partial charge in [-0.25, -0.2) is 0 Å². The Balaban J connectivity index is 1.54. The third-order valence-electron chi connectivity index (χ3n) is 5.30. The van der Waals surface area contributed by atoms with Crippen molar-refractivity contribution in [1.29, 1.82) is 0 Å². The summed E-state index contributed by atoms with van der Waals surface area (Å²) in [7, 11) is 2.89. The van der Waals surface area contributed by atoms with E-state index in [-0.39, 0.29) is 30.6 Å². The van der Waals surface area contributed by atoms with E-state index in [1.165, 1.54) is 50.6 Å². The van der Waals surface area contributed by atoms with Gasteiger partial charge in [0, 0.05) is 0 Å². The normalized spacial score (nSPS) is 13.4. The predicted molar refractivity (Wildman–Crippen MR) is 139 cm³/mol. The molecule has 2 aromatic carbocycles. The number of rotatable bonds is 10. The molecule has 1 aliphatic carbocycles. The fraction of sp³-hybridized carbons (Fsp3) is 0.280. The zero-order chi connectivity index (χ0) is 25.8. The van der Waals surface area contributed by atoms with E-state index in [0.29, 0.717) is 22.8 Å². The Kier molecular flexibility index (Phi) is 8.45. The van der Waals surface area contributed by atoms with E-state index in [0.717, 1.165) is 12.8 Å². The number of halogens is 5. The summed E-state index contributed by atoms with van der Waals surface area (Å²) in [5.41, 5.74) is 0.960. The van der Waals surface area contributed by atoms with Crippen molar-refractivity contribution in [2.75, 3.05) is 18.8 Å². The van der Waals surface area contributed by atoms with Crippen LogP contribution in [0.1, 0.15) is 23.2 Å². The van der Waals surface area contributed by atoms with Crippen molar-refractivity contribution in [3.63, 3.8) is 0 Å². The number of pyridine rings is 1. The number of amides is 1. The Labute approximate surface area is 218 Å². The van der Waals surface area contributed by atoms with Crippen molar-refractivity contribution in [3.05, 3.63) is 68.6 Å². The molecule has 1 heterocycles. The van der Waals surface area contributed by atoms with Gasteiger partial charge in [0.2, 0.25) is 0 Å². The summed E-state index contributed by atoms with van der Waals surface area (Å²) >= 11 is 2.59. The number of methoxy groups -OCH3 is 2. The molecule has 0 spiro atoms. The van der Waals surface area contributed by atoms with E-state index in [2.05, 4.69) is 10.3 Å². The molecule has 192 valence electrons. The molecule has 0 bridgehead atoms. The topological polar surface area (TPSA) is 69.7 Å². The van der Waals surface area contributed by atoms with Crippen LogP contribution in [-0.2, 0) is 0 Å². The van der Waals surface area contributed by atoms with Gasteiger partial charge in [-0.15, -0.1) is 0 Å². The van der Waals surface area contributed by atoms with E-state index in [1.807, 2.05) is 0 Å². The minimum absolute atomic E-state index is 0.123. The number of carbonyl (C=O) groups excluding carboxylic acids is 1. The molecule has 11 heteroatoms. The van der Waals surface area contributed by atoms with Crippen LogP contribution in [0.4, 0.5) is 13.2 Å². The van der Waals surface area contributed by atoms with Crippen LogP contribution in [0.15, 0.2) is 48.5 Å². The molecule has 0 radical (unpaired) electrons. The number of alkyl halides is 4. The molecular formula is C25H23ClF3IN2O4. The average molecular weight is 635 g/mol. The third-order valence-corrected chi connectivity index (χ3v) is 9.95. The summed E-state index contributed by atoms with van der Waals surface area (Å²) in [4.78, 5) is 17.2. The molecule has 0 aliphatic heterocycles. The zero-order valence-corrected chi connectivity index (χ0v) is 22.3. The van der Waals surface area contributed by atoms with E-state index in [9.17, 15) is 18.0 Å². The molecule has 1 amide bonds. The quantitative estimate of drug-likeness (QED) is 0.121. The van der Waals surface area contributed by atoms with Gasteiger partial charge >= 0.3 is 219 Å². The Bertz CT molecular complexity index is 1260. The summed E-state index contributed by atoms with van der Waals surface area (Å²) < 4.78 is 55.6. The summed E-state index contributed by atoms with van der Waals surface area (Å²) in [6.45, 7) is 0. The molecule has 0 unspecified atom stereocenters. The fourth-order valence-electron chi connectivity index (χ4n) is 3.29. The number of carbonyl (C=O) groups is 1. The summed E-state index contributed by atoms with van der Waals surface area (Å²) in [5, 5.41) is 2.50. The van der Waals surface area contributed by atoms with Crippen molar-refractivity contribution in [2.45, 2.75) is 23.4 Å². The molecule has 4 rings (SSSR count). The second-order valence-corrected chi connectivity index (χ2v) is 13.3. The van der Waals surface area contributed by atoms with Crippen LogP contribution in [0.25, 0.3) is 11.3 Å². The number of benzene rings is 2. The molecular weight excluding hydrogens is 612 g/mol. The number of hydrogen-bond acceptors (Lipinski definition) is 5. The molecule has 36 heavy (non-hydrogen) atoms. The number of nitrogens with one attached hydrogen (secondary N) is 1. The summed E-state index contributed by atoms with van der Waals surface area (Å²) in [6, 6.07) is 11.7. The number of aromatic nitrogens is 1. The molecule has 0 saturated heterocycles. The van der Waals surface area contributed by atoms with Crippen molar-refractivity contribution in [1.82, 2.24) is 10.3 Å². The predicted octanol–water partition coefficient (Wildman–Crippen LogP) is 6.39. The first-order chi connectivity index (χ1) is 17.3. The number of hydrogen-bond donors (Lipinski definition) is 1. The Hall–Kier alpha value is -2.73. The van der Waals surface area contributed by atoms with Crippen LogP contribution in [0, 0.1) is 9.52 Å². The van der Waals surface area contributed by atoms with E-state index < -0.39 is 36.0 Å². The van der Waals surface area contributed by atoms with Gasteiger partial charge in [0.15, 0.2) is 0 Å². The zero-order valence-electron chi connectivity index (χ0n) is 19.4. The van der Waals surface area contributed by atoms with Crippen molar-refractivity contribution in [2.24, 2.45) is 0 Å². The second-order valence-electron chi connectivity index (χ2n) is 7.78. The Morgan fingerprint density at radius 2 is 1.81 bits per heavy atom. The molecule has 6 nitrogen and oxygen atoms in total. The Morgan fingerprint density at radius 3 is 2.44 bits per heavy atom. The average Bonchev–Trinajstić information content (AvgIpc) is 3.69. The molecule has 3 aromatic rings. The van der Waals surface area contributed by atoms with Crippen LogP contribution < -0.4 is 19.5 Å². The molecule has 1 aliphatic rings. The fourth-order valence-corrected chi connectivity index (χ4v) is 6.63. The van der Waals surface area contributed by atoms with E-state index in [4.69, 9.17) is 25.8 Å². The van der Waals surface area contributed by atoms with Gasteiger partial charge in [0.05, 0.1) is 0 Å². The van der Waals surface area contributed by atoms with Gasteiger partial charge in [-0.2, -0.15) is 0 Å². The first-order valence-electron chi connectivity index (χ1n) is 10.9. The van der Waals surface area contributed by atoms with Crippen molar-refractivity contribution < 1.29 is 32.2 Å². The van der Waals surface area contributed by atoms with Gasteiger partial charge in [0.1, 0.15) is 0 Å². The third kappa shape index (κ3) is 6.15. The summed E-state index contributed by atoms with van der Waals surface area (Å²) in [6.07, 6.45) is 2.10. The molecule has 1 N–H and O–H groups in total. The van der Waals surface area contributed by atoms with E-state index >= 15 is 0 Å². The van der Waals surface area contributed by atoms with Gasteiger partial charge in [-0.05, 0) is 0 Å². The van der Waals surface area contributed by atoms with Gasteiger partial charge < -0.3 is 0 Å². The maximum atomic E-state index is 14.1. The van der Waals surface area contributed by atoms with Gasteiger partial charge in [-0.1, -0.05) is 0 Å². The Morgan fingerprint density at radius 1 is 1.08 bits per heavy atom. The first kappa shape index (κ1) is 26.3. The van der Waals surface area contributed by atoms with Gasteiger partial charge in [0.25, 0.3) is 0 Å². The number of ether oxygens (including phenoxy) is 3.